The highest BCUT2D eigenvalue weighted by Gasteiger charge is 2.34. The van der Waals surface area contributed by atoms with Crippen molar-refractivity contribution in [2.24, 2.45) is 0 Å². The minimum atomic E-state index is -0.466. The highest BCUT2D eigenvalue weighted by atomic mass is 35.5. The molecule has 1 saturated heterocycles. The quantitative estimate of drug-likeness (QED) is 0.259. The number of nitrogens with zero attached hydrogens (tertiary/aromatic N) is 1. The van der Waals surface area contributed by atoms with Gasteiger partial charge in [-0.15, -0.1) is 0 Å². The van der Waals surface area contributed by atoms with Crippen molar-refractivity contribution >= 4 is 35.2 Å². The van der Waals surface area contributed by atoms with Gasteiger partial charge in [0.25, 0.3) is 11.8 Å². The van der Waals surface area contributed by atoms with Crippen molar-refractivity contribution < 1.29 is 23.8 Å². The third kappa shape index (κ3) is 5.75. The molecule has 180 valence electrons. The van der Waals surface area contributed by atoms with Crippen LogP contribution < -0.4 is 24.6 Å². The first-order chi connectivity index (χ1) is 17.0. The van der Waals surface area contributed by atoms with Crippen LogP contribution in [0.3, 0.4) is 0 Å². The van der Waals surface area contributed by atoms with Gasteiger partial charge in [-0.3, -0.25) is 15.0 Å². The Bertz CT molecular complexity index is 1260. The highest BCUT2D eigenvalue weighted by molar-refractivity contribution is 6.32. The van der Waals surface area contributed by atoms with Crippen LogP contribution in [0.1, 0.15) is 18.1 Å². The van der Waals surface area contributed by atoms with Gasteiger partial charge in [-0.05, 0) is 73.5 Å². The summed E-state index contributed by atoms with van der Waals surface area (Å²) in [5.74, 6) is 0.875. The molecule has 0 saturated carbocycles. The molecule has 3 aromatic rings. The number of carbonyl (C=O) groups excluding carboxylic acids is 2. The topological polar surface area (TPSA) is 77.1 Å². The summed E-state index contributed by atoms with van der Waals surface area (Å²) >= 11 is 6.05. The average Bonchev–Trinajstić information content (AvgIpc) is 3.14. The van der Waals surface area contributed by atoms with Gasteiger partial charge in [0.1, 0.15) is 24.5 Å². The van der Waals surface area contributed by atoms with Gasteiger partial charge in [0.15, 0.2) is 11.5 Å². The summed E-state index contributed by atoms with van der Waals surface area (Å²) in [5.41, 5.74) is 4.80. The molecule has 3 aromatic carbocycles. The zero-order valence-electron chi connectivity index (χ0n) is 19.4. The fourth-order valence-corrected chi connectivity index (χ4v) is 3.62. The van der Waals surface area contributed by atoms with Crippen LogP contribution in [-0.4, -0.2) is 31.6 Å². The molecule has 1 fully saturated rings. The fraction of sp³-hybridized carbons (Fsp3) is 0.185. The molecule has 7 nitrogen and oxygen atoms in total. The largest absolute Gasteiger partial charge is 0.490 e. The van der Waals surface area contributed by atoms with E-state index in [9.17, 15) is 9.59 Å². The smallest absolute Gasteiger partial charge is 0.282 e. The molecule has 1 aliphatic heterocycles. The SMILES string of the molecule is CCOc1cc(/C=C2/C(=O)NN(c3ccccc3)C2=O)ccc1OCCOc1ccc(Cl)c(C)c1. The second-order valence-electron chi connectivity index (χ2n) is 7.72. The normalized spacial score (nSPS) is 14.3. The molecule has 4 rings (SSSR count). The van der Waals surface area contributed by atoms with Crippen LogP contribution in [0.25, 0.3) is 6.08 Å². The van der Waals surface area contributed by atoms with E-state index in [0.29, 0.717) is 53.3 Å². The molecule has 0 radical (unpaired) electrons. The van der Waals surface area contributed by atoms with E-state index in [2.05, 4.69) is 5.43 Å². The van der Waals surface area contributed by atoms with Crippen molar-refractivity contribution in [3.63, 3.8) is 0 Å². The number of para-hydroxylation sites is 1. The molecule has 0 aliphatic carbocycles. The molecule has 0 atom stereocenters. The van der Waals surface area contributed by atoms with E-state index < -0.39 is 11.8 Å². The van der Waals surface area contributed by atoms with Crippen molar-refractivity contribution in [2.75, 3.05) is 24.8 Å². The van der Waals surface area contributed by atoms with Crippen LogP contribution in [0.2, 0.25) is 5.02 Å². The summed E-state index contributed by atoms with van der Waals surface area (Å²) < 4.78 is 17.3. The summed E-state index contributed by atoms with van der Waals surface area (Å²) in [6.45, 7) is 4.85. The minimum Gasteiger partial charge on any atom is -0.490 e. The van der Waals surface area contributed by atoms with Gasteiger partial charge >= 0.3 is 0 Å². The molecule has 8 heteroatoms. The van der Waals surface area contributed by atoms with Gasteiger partial charge in [-0.1, -0.05) is 35.9 Å². The van der Waals surface area contributed by atoms with Crippen molar-refractivity contribution in [3.05, 3.63) is 88.5 Å². The first kappa shape index (κ1) is 24.2. The van der Waals surface area contributed by atoms with Gasteiger partial charge in [-0.2, -0.15) is 0 Å². The number of hydrogen-bond donors (Lipinski definition) is 1. The Hall–Kier alpha value is -3.97. The number of benzene rings is 3. The van der Waals surface area contributed by atoms with Crippen molar-refractivity contribution in [1.29, 1.82) is 0 Å². The van der Waals surface area contributed by atoms with E-state index in [4.69, 9.17) is 25.8 Å². The number of nitrogens with one attached hydrogen (secondary N) is 1. The predicted molar refractivity (Wildman–Crippen MR) is 135 cm³/mol. The Morgan fingerprint density at radius 3 is 2.43 bits per heavy atom. The molecule has 0 spiro atoms. The number of anilines is 1. The number of rotatable bonds is 9. The van der Waals surface area contributed by atoms with Crippen molar-refractivity contribution in [3.8, 4) is 17.2 Å². The van der Waals surface area contributed by atoms with E-state index in [1.165, 1.54) is 5.01 Å². The van der Waals surface area contributed by atoms with Crippen molar-refractivity contribution in [1.82, 2.24) is 5.43 Å². The zero-order chi connectivity index (χ0) is 24.8. The lowest BCUT2D eigenvalue weighted by Crippen LogP contribution is -2.35. The lowest BCUT2D eigenvalue weighted by atomic mass is 10.1. The summed E-state index contributed by atoms with van der Waals surface area (Å²) in [6.07, 6.45) is 1.54. The van der Waals surface area contributed by atoms with E-state index in [1.807, 2.05) is 32.0 Å². The number of carbonyl (C=O) groups is 2. The minimum absolute atomic E-state index is 0.0385. The predicted octanol–water partition coefficient (Wildman–Crippen LogP) is 4.97. The molecule has 1 aliphatic rings. The molecular formula is C27H25ClN2O5. The van der Waals surface area contributed by atoms with Gasteiger partial charge in [0, 0.05) is 5.02 Å². The van der Waals surface area contributed by atoms with Gasteiger partial charge in [0.2, 0.25) is 0 Å². The third-order valence-electron chi connectivity index (χ3n) is 5.22. The zero-order valence-corrected chi connectivity index (χ0v) is 20.2. The summed E-state index contributed by atoms with van der Waals surface area (Å²) in [7, 11) is 0. The van der Waals surface area contributed by atoms with Crippen molar-refractivity contribution in [2.45, 2.75) is 13.8 Å². The lowest BCUT2D eigenvalue weighted by Gasteiger charge is -2.14. The maximum atomic E-state index is 12.8. The number of hydrazine groups is 1. The molecule has 35 heavy (non-hydrogen) atoms. The molecule has 1 N–H and O–H groups in total. The maximum absolute atomic E-state index is 12.8. The van der Waals surface area contributed by atoms with Crippen LogP contribution in [-0.2, 0) is 9.59 Å². The molecule has 1 heterocycles. The number of ether oxygens (including phenoxy) is 3. The van der Waals surface area contributed by atoms with Crippen LogP contribution >= 0.6 is 11.6 Å². The number of hydrogen-bond acceptors (Lipinski definition) is 5. The maximum Gasteiger partial charge on any atom is 0.282 e. The fourth-order valence-electron chi connectivity index (χ4n) is 3.50. The van der Waals surface area contributed by atoms with Crippen LogP contribution in [0.4, 0.5) is 5.69 Å². The number of amides is 2. The Balaban J connectivity index is 1.44. The average molecular weight is 493 g/mol. The Labute approximate surface area is 208 Å². The monoisotopic (exact) mass is 492 g/mol. The lowest BCUT2D eigenvalue weighted by molar-refractivity contribution is -0.117. The second kappa shape index (κ2) is 11.0. The number of aryl methyl sites for hydroxylation is 1. The molecule has 0 bridgehead atoms. The molecule has 0 unspecified atom stereocenters. The van der Waals surface area contributed by atoms with E-state index in [1.54, 1.807) is 54.6 Å². The first-order valence-electron chi connectivity index (χ1n) is 11.2. The summed E-state index contributed by atoms with van der Waals surface area (Å²) in [5, 5.41) is 1.92. The standard InChI is InChI=1S/C27H25ClN2O5/c1-3-33-25-17-19(16-22-26(31)29-30(27(22)32)20-7-5-4-6-8-20)9-12-24(25)35-14-13-34-21-10-11-23(28)18(2)15-21/h4-12,15-17H,3,13-14H2,1-2H3,(H,29,31)/b22-16-. The molecule has 0 aromatic heterocycles. The van der Waals surface area contributed by atoms with Gasteiger partial charge < -0.3 is 14.2 Å². The highest BCUT2D eigenvalue weighted by Crippen LogP contribution is 2.30. The van der Waals surface area contributed by atoms with Crippen LogP contribution in [0, 0.1) is 6.92 Å². The van der Waals surface area contributed by atoms with E-state index in [0.717, 1.165) is 5.56 Å². The Morgan fingerprint density at radius 1 is 0.914 bits per heavy atom. The van der Waals surface area contributed by atoms with Gasteiger partial charge in [-0.25, -0.2) is 5.01 Å². The third-order valence-corrected chi connectivity index (χ3v) is 5.65. The molecule has 2 amide bonds. The number of halogens is 1. The summed E-state index contributed by atoms with van der Waals surface area (Å²) in [6, 6.07) is 19.6. The van der Waals surface area contributed by atoms with E-state index in [-0.39, 0.29) is 5.57 Å². The second-order valence-corrected chi connectivity index (χ2v) is 8.13. The molecular weight excluding hydrogens is 468 g/mol. The van der Waals surface area contributed by atoms with Gasteiger partial charge in [0.05, 0.1) is 12.3 Å². The summed E-state index contributed by atoms with van der Waals surface area (Å²) in [4.78, 5) is 25.3. The first-order valence-corrected chi connectivity index (χ1v) is 11.5. The van der Waals surface area contributed by atoms with Crippen LogP contribution in [0.5, 0.6) is 17.2 Å². The Morgan fingerprint density at radius 2 is 1.69 bits per heavy atom. The van der Waals surface area contributed by atoms with Crippen LogP contribution in [0.15, 0.2) is 72.3 Å². The Kier molecular flexibility index (Phi) is 7.57. The van der Waals surface area contributed by atoms with E-state index >= 15 is 0 Å².